The molecular weight excluding hydrogens is 490 g/mol. The molecule has 3 rings (SSSR count). The molecule has 0 atom stereocenters. The second kappa shape index (κ2) is 9.26. The Bertz CT molecular complexity index is 1380. The van der Waals surface area contributed by atoms with Gasteiger partial charge in [-0.3, -0.25) is 9.59 Å². The lowest BCUT2D eigenvalue weighted by atomic mass is 10.0. The summed E-state index contributed by atoms with van der Waals surface area (Å²) in [6.07, 6.45) is 0. The zero-order chi connectivity index (χ0) is 24.7. The maximum Gasteiger partial charge on any atom is 0.267 e. The first-order chi connectivity index (χ1) is 15.4. The highest BCUT2D eigenvalue weighted by Gasteiger charge is 2.31. The van der Waals surface area contributed by atoms with Crippen molar-refractivity contribution in [2.45, 2.75) is 39.5 Å². The van der Waals surface area contributed by atoms with Crippen LogP contribution in [-0.4, -0.2) is 37.0 Å². The number of nitrogens with one attached hydrogen (secondary N) is 2. The molecule has 0 fully saturated rings. The van der Waals surface area contributed by atoms with Crippen LogP contribution >= 0.6 is 22.9 Å². The van der Waals surface area contributed by atoms with E-state index in [1.165, 1.54) is 0 Å². The van der Waals surface area contributed by atoms with Crippen molar-refractivity contribution in [1.29, 1.82) is 0 Å². The van der Waals surface area contributed by atoms with Gasteiger partial charge in [0.05, 0.1) is 5.69 Å². The fourth-order valence-electron chi connectivity index (χ4n) is 3.28. The zero-order valence-electron chi connectivity index (χ0n) is 18.5. The number of rotatable bonds is 7. The number of aliphatic hydroxyl groups excluding tert-OH is 1. The number of carbonyl (C=O) groups excluding carboxylic acids is 2. The number of carbonyl (C=O) groups is 2. The average molecular weight is 512 g/mol. The summed E-state index contributed by atoms with van der Waals surface area (Å²) in [5, 5.41) is 15.6. The van der Waals surface area contributed by atoms with E-state index in [-0.39, 0.29) is 31.9 Å². The zero-order valence-corrected chi connectivity index (χ0v) is 20.9. The van der Waals surface area contributed by atoms with E-state index in [4.69, 9.17) is 16.1 Å². The van der Waals surface area contributed by atoms with E-state index in [2.05, 4.69) is 15.2 Å². The number of aryl methyl sites for hydroxylation is 4. The molecule has 2 heterocycles. The molecule has 0 aliphatic carbocycles. The molecule has 0 spiro atoms. The largest absolute Gasteiger partial charge is 0.388 e. The van der Waals surface area contributed by atoms with Gasteiger partial charge < -0.3 is 14.9 Å². The quantitative estimate of drug-likeness (QED) is 0.405. The SMILES string of the molecule is Cc1cc(C)c(NC(=O)c2sc(C)c(C)c2S(=O)(=O)Nc2onc(C)c2Cl)c(C(=O)CO)c1. The predicted molar refractivity (Wildman–Crippen MR) is 126 cm³/mol. The summed E-state index contributed by atoms with van der Waals surface area (Å²) in [5.41, 5.74) is 2.41. The van der Waals surface area contributed by atoms with Crippen molar-refractivity contribution in [2.75, 3.05) is 16.6 Å². The molecule has 0 radical (unpaired) electrons. The Balaban J connectivity index is 2.06. The van der Waals surface area contributed by atoms with Gasteiger partial charge in [0.2, 0.25) is 0 Å². The molecule has 176 valence electrons. The highest BCUT2D eigenvalue weighted by Crippen LogP contribution is 2.35. The summed E-state index contributed by atoms with van der Waals surface area (Å²) >= 11 is 7.04. The Hall–Kier alpha value is -2.73. The molecule has 9 nitrogen and oxygen atoms in total. The minimum absolute atomic E-state index is 0.0108. The molecule has 12 heteroatoms. The molecular formula is C21H22ClN3O6S2. The Morgan fingerprint density at radius 3 is 2.42 bits per heavy atom. The smallest absolute Gasteiger partial charge is 0.267 e. The van der Waals surface area contributed by atoms with E-state index in [1.807, 2.05) is 0 Å². The minimum Gasteiger partial charge on any atom is -0.388 e. The van der Waals surface area contributed by atoms with E-state index in [1.54, 1.807) is 46.8 Å². The number of benzene rings is 1. The Labute approximate surface area is 199 Å². The van der Waals surface area contributed by atoms with Gasteiger partial charge >= 0.3 is 0 Å². The van der Waals surface area contributed by atoms with Crippen molar-refractivity contribution in [3.05, 3.63) is 54.9 Å². The third-order valence-corrected chi connectivity index (χ3v) is 8.27. The number of hydrogen-bond acceptors (Lipinski definition) is 8. The highest BCUT2D eigenvalue weighted by atomic mass is 35.5. The molecule has 0 aliphatic rings. The van der Waals surface area contributed by atoms with E-state index >= 15 is 0 Å². The van der Waals surface area contributed by atoms with Crippen LogP contribution in [0.3, 0.4) is 0 Å². The lowest BCUT2D eigenvalue weighted by Gasteiger charge is -2.14. The number of aliphatic hydroxyl groups is 1. The van der Waals surface area contributed by atoms with Crippen LogP contribution in [0.15, 0.2) is 21.6 Å². The van der Waals surface area contributed by atoms with Crippen LogP contribution in [0.2, 0.25) is 5.02 Å². The lowest BCUT2D eigenvalue weighted by Crippen LogP contribution is -2.21. The normalized spacial score (nSPS) is 11.5. The molecule has 33 heavy (non-hydrogen) atoms. The van der Waals surface area contributed by atoms with Crippen LogP contribution in [0.5, 0.6) is 0 Å². The monoisotopic (exact) mass is 511 g/mol. The number of anilines is 2. The van der Waals surface area contributed by atoms with Crippen LogP contribution in [0.25, 0.3) is 0 Å². The van der Waals surface area contributed by atoms with Gasteiger partial charge in [-0.25, -0.2) is 13.1 Å². The number of ketones is 1. The van der Waals surface area contributed by atoms with Gasteiger partial charge in [0.15, 0.2) is 5.78 Å². The molecule has 2 aromatic heterocycles. The van der Waals surface area contributed by atoms with Gasteiger partial charge in [0.1, 0.15) is 27.1 Å². The second-order valence-corrected chi connectivity index (χ2v) is 10.7. The number of amides is 1. The number of Topliss-reactive ketones (excluding diaryl/α,β-unsaturated/α-hetero) is 1. The second-order valence-electron chi connectivity index (χ2n) is 7.50. The molecule has 0 saturated heterocycles. The first kappa shape index (κ1) is 24.9. The van der Waals surface area contributed by atoms with Gasteiger partial charge in [0.25, 0.3) is 21.8 Å². The number of hydrogen-bond donors (Lipinski definition) is 3. The maximum atomic E-state index is 13.2. The molecule has 1 aromatic carbocycles. The van der Waals surface area contributed by atoms with Crippen LogP contribution in [0, 0.1) is 34.6 Å². The van der Waals surface area contributed by atoms with E-state index in [0.717, 1.165) is 16.9 Å². The Kier molecular flexibility index (Phi) is 6.99. The first-order valence-electron chi connectivity index (χ1n) is 9.68. The van der Waals surface area contributed by atoms with Gasteiger partial charge in [-0.2, -0.15) is 0 Å². The number of halogens is 1. The standard InChI is InChI=1S/C21H22ClN3O6S2/c1-9-6-10(2)17(14(7-9)15(27)8-26)23-20(28)18-19(11(3)13(5)32-18)33(29,30)25-21-16(22)12(4)24-31-21/h6-7,25-26H,8H2,1-5H3,(H,23,28). The topological polar surface area (TPSA) is 139 Å². The Morgan fingerprint density at radius 1 is 1.18 bits per heavy atom. The van der Waals surface area contributed by atoms with Gasteiger partial charge in [-0.15, -0.1) is 11.3 Å². The van der Waals surface area contributed by atoms with E-state index in [9.17, 15) is 23.1 Å². The lowest BCUT2D eigenvalue weighted by molar-refractivity contribution is 0.0904. The van der Waals surface area contributed by atoms with E-state index in [0.29, 0.717) is 21.7 Å². The maximum absolute atomic E-state index is 13.2. The summed E-state index contributed by atoms with van der Waals surface area (Å²) < 4.78 is 33.6. The first-order valence-corrected chi connectivity index (χ1v) is 12.4. The molecule has 0 bridgehead atoms. The minimum atomic E-state index is -4.27. The van der Waals surface area contributed by atoms with Crippen LogP contribution in [0.1, 0.15) is 47.3 Å². The summed E-state index contributed by atoms with van der Waals surface area (Å²) in [6, 6.07) is 3.32. The number of aromatic nitrogens is 1. The average Bonchev–Trinajstić information content (AvgIpc) is 3.22. The summed E-state index contributed by atoms with van der Waals surface area (Å²) in [4.78, 5) is 25.8. The molecule has 0 unspecified atom stereocenters. The molecule has 3 N–H and O–H groups in total. The van der Waals surface area contributed by atoms with Crippen LogP contribution < -0.4 is 10.0 Å². The third kappa shape index (κ3) is 4.81. The van der Waals surface area contributed by atoms with Crippen molar-refractivity contribution in [2.24, 2.45) is 0 Å². The van der Waals surface area contributed by atoms with Gasteiger partial charge in [0, 0.05) is 10.4 Å². The van der Waals surface area contributed by atoms with Crippen molar-refractivity contribution in [3.63, 3.8) is 0 Å². The third-order valence-electron chi connectivity index (χ3n) is 4.99. The number of nitrogens with zero attached hydrogens (tertiary/aromatic N) is 1. The summed E-state index contributed by atoms with van der Waals surface area (Å²) in [5.74, 6) is -1.54. The molecule has 3 aromatic rings. The predicted octanol–water partition coefficient (Wildman–Crippen LogP) is 4.16. The fourth-order valence-corrected chi connectivity index (χ4v) is 6.30. The van der Waals surface area contributed by atoms with Gasteiger partial charge in [-0.1, -0.05) is 22.8 Å². The molecule has 0 saturated carbocycles. The number of thiophene rings is 1. The van der Waals surface area contributed by atoms with Crippen molar-refractivity contribution in [1.82, 2.24) is 5.16 Å². The molecule has 1 amide bonds. The summed E-state index contributed by atoms with van der Waals surface area (Å²) in [6.45, 7) is 7.59. The van der Waals surface area contributed by atoms with Gasteiger partial charge in [-0.05, 0) is 57.4 Å². The highest BCUT2D eigenvalue weighted by molar-refractivity contribution is 7.93. The van der Waals surface area contributed by atoms with Crippen LogP contribution in [-0.2, 0) is 10.0 Å². The molecule has 0 aliphatic heterocycles. The fraction of sp³-hybridized carbons (Fsp3) is 0.286. The summed E-state index contributed by atoms with van der Waals surface area (Å²) in [7, 11) is -4.27. The van der Waals surface area contributed by atoms with Crippen molar-refractivity contribution >= 4 is 56.2 Å². The Morgan fingerprint density at radius 2 is 1.85 bits per heavy atom. The van der Waals surface area contributed by atoms with Crippen molar-refractivity contribution in [3.8, 4) is 0 Å². The van der Waals surface area contributed by atoms with Crippen LogP contribution in [0.4, 0.5) is 11.6 Å². The van der Waals surface area contributed by atoms with Crippen molar-refractivity contribution < 1.29 is 27.6 Å². The number of sulfonamides is 1. The van der Waals surface area contributed by atoms with E-state index < -0.39 is 28.3 Å².